The van der Waals surface area contributed by atoms with E-state index in [1.807, 2.05) is 12.1 Å². The van der Waals surface area contributed by atoms with E-state index in [9.17, 15) is 0 Å². The lowest BCUT2D eigenvalue weighted by molar-refractivity contribution is 0.201. The van der Waals surface area contributed by atoms with Crippen molar-refractivity contribution in [3.8, 4) is 9.88 Å². The molecular weight excluding hydrogens is 250 g/mol. The van der Waals surface area contributed by atoms with Crippen LogP contribution in [-0.4, -0.2) is 18.7 Å². The second-order valence-electron chi connectivity index (χ2n) is 2.99. The van der Waals surface area contributed by atoms with E-state index >= 15 is 0 Å². The Hall–Kier alpha value is -0.420. The van der Waals surface area contributed by atoms with Crippen LogP contribution in [0.25, 0.3) is 9.88 Å². The summed E-state index contributed by atoms with van der Waals surface area (Å²) in [6.07, 6.45) is 0.867. The van der Waals surface area contributed by atoms with E-state index in [-0.39, 0.29) is 0 Å². The van der Waals surface area contributed by atoms with E-state index in [1.54, 1.807) is 29.8 Å². The van der Waals surface area contributed by atoms with E-state index in [0.717, 1.165) is 26.3 Å². The third-order valence-electron chi connectivity index (χ3n) is 1.90. The van der Waals surface area contributed by atoms with Crippen LogP contribution >= 0.6 is 34.3 Å². The van der Waals surface area contributed by atoms with Gasteiger partial charge in [-0.15, -0.1) is 22.7 Å². The summed E-state index contributed by atoms with van der Waals surface area (Å²) in [7, 11) is 1.70. The van der Waals surface area contributed by atoms with Crippen LogP contribution in [0.15, 0.2) is 17.5 Å². The number of hydrogen-bond donors (Lipinski definition) is 0. The van der Waals surface area contributed by atoms with Gasteiger partial charge in [-0.25, -0.2) is 4.98 Å². The molecule has 0 atom stereocenters. The monoisotopic (exact) mass is 259 g/mol. The van der Waals surface area contributed by atoms with Crippen molar-refractivity contribution in [3.05, 3.63) is 27.5 Å². The van der Waals surface area contributed by atoms with E-state index < -0.39 is 0 Å². The zero-order chi connectivity index (χ0) is 10.7. The van der Waals surface area contributed by atoms with Crippen LogP contribution in [0.4, 0.5) is 0 Å². The first kappa shape index (κ1) is 11.1. The molecule has 0 bridgehead atoms. The molecule has 2 aromatic heterocycles. The highest BCUT2D eigenvalue weighted by Crippen LogP contribution is 2.32. The largest absolute Gasteiger partial charge is 0.384 e. The molecular formula is C10H10ClNOS2. The predicted molar refractivity (Wildman–Crippen MR) is 66.0 cm³/mol. The van der Waals surface area contributed by atoms with Crippen molar-refractivity contribution < 1.29 is 4.74 Å². The lowest BCUT2D eigenvalue weighted by Crippen LogP contribution is -1.93. The molecule has 0 aliphatic carbocycles. The first-order chi connectivity index (χ1) is 7.29. The van der Waals surface area contributed by atoms with Crippen LogP contribution in [0, 0.1) is 0 Å². The van der Waals surface area contributed by atoms with E-state index in [4.69, 9.17) is 16.3 Å². The quantitative estimate of drug-likeness (QED) is 0.835. The number of ether oxygens (including phenoxy) is 1. The zero-order valence-corrected chi connectivity index (χ0v) is 10.6. The zero-order valence-electron chi connectivity index (χ0n) is 8.20. The fourth-order valence-electron chi connectivity index (χ4n) is 1.17. The first-order valence-corrected chi connectivity index (χ1v) is 6.56. The average Bonchev–Trinajstić information content (AvgIpc) is 2.83. The van der Waals surface area contributed by atoms with E-state index in [2.05, 4.69) is 10.4 Å². The van der Waals surface area contributed by atoms with E-state index in [1.165, 1.54) is 0 Å². The highest BCUT2D eigenvalue weighted by atomic mass is 35.5. The number of thiophene rings is 1. The van der Waals surface area contributed by atoms with Crippen LogP contribution < -0.4 is 0 Å². The molecule has 0 N–H and O–H groups in total. The average molecular weight is 260 g/mol. The van der Waals surface area contributed by atoms with Crippen molar-refractivity contribution in [2.24, 2.45) is 0 Å². The first-order valence-electron chi connectivity index (χ1n) is 4.48. The number of halogens is 1. The Labute approximate surface area is 102 Å². The molecule has 0 fully saturated rings. The Bertz CT molecular complexity index is 438. The molecule has 0 aliphatic heterocycles. The molecule has 80 valence electrons. The molecule has 0 radical (unpaired) electrons. The fourth-order valence-corrected chi connectivity index (χ4v) is 3.14. The minimum absolute atomic E-state index is 0.717. The van der Waals surface area contributed by atoms with Crippen LogP contribution in [0.2, 0.25) is 4.34 Å². The lowest BCUT2D eigenvalue weighted by atomic mass is 10.3. The molecule has 2 rings (SSSR count). The predicted octanol–water partition coefficient (Wildman–Crippen LogP) is 3.71. The molecule has 0 spiro atoms. The minimum atomic E-state index is 0.717. The van der Waals surface area contributed by atoms with Gasteiger partial charge >= 0.3 is 0 Å². The van der Waals surface area contributed by atoms with Crippen molar-refractivity contribution in [2.75, 3.05) is 13.7 Å². The van der Waals surface area contributed by atoms with Gasteiger partial charge in [0.25, 0.3) is 0 Å². The van der Waals surface area contributed by atoms with Gasteiger partial charge in [0.15, 0.2) is 0 Å². The molecule has 0 aliphatic rings. The number of aromatic nitrogens is 1. The fraction of sp³-hybridized carbons (Fsp3) is 0.300. The third-order valence-corrected chi connectivity index (χ3v) is 4.19. The van der Waals surface area contributed by atoms with Gasteiger partial charge in [0.2, 0.25) is 0 Å². The summed E-state index contributed by atoms with van der Waals surface area (Å²) >= 11 is 9.09. The summed E-state index contributed by atoms with van der Waals surface area (Å²) in [6.45, 7) is 0.717. The molecule has 15 heavy (non-hydrogen) atoms. The molecule has 0 aromatic carbocycles. The second-order valence-corrected chi connectivity index (χ2v) is 5.56. The SMILES string of the molecule is COCCc1csc(-c2ccc(Cl)s2)n1. The maximum absolute atomic E-state index is 5.88. The van der Waals surface area contributed by atoms with Gasteiger partial charge in [0, 0.05) is 18.9 Å². The summed E-state index contributed by atoms with van der Waals surface area (Å²) < 4.78 is 5.82. The summed E-state index contributed by atoms with van der Waals surface area (Å²) in [6, 6.07) is 3.91. The minimum Gasteiger partial charge on any atom is -0.384 e. The molecule has 0 amide bonds. The summed E-state index contributed by atoms with van der Waals surface area (Å²) in [5.41, 5.74) is 1.08. The molecule has 2 heterocycles. The van der Waals surface area contributed by atoms with Crippen LogP contribution in [0.5, 0.6) is 0 Å². The highest BCUT2D eigenvalue weighted by molar-refractivity contribution is 7.23. The third kappa shape index (κ3) is 2.78. The number of methoxy groups -OCH3 is 1. The molecule has 0 unspecified atom stereocenters. The number of nitrogens with zero attached hydrogens (tertiary/aromatic N) is 1. The Kier molecular flexibility index (Phi) is 3.75. The van der Waals surface area contributed by atoms with Gasteiger partial charge in [0.05, 0.1) is 21.5 Å². The number of rotatable bonds is 4. The van der Waals surface area contributed by atoms with Gasteiger partial charge in [-0.1, -0.05) is 11.6 Å². The number of thiazole rings is 1. The van der Waals surface area contributed by atoms with Gasteiger partial charge < -0.3 is 4.74 Å². The smallest absolute Gasteiger partial charge is 0.133 e. The second kappa shape index (κ2) is 5.07. The van der Waals surface area contributed by atoms with Crippen LogP contribution in [-0.2, 0) is 11.2 Å². The standard InChI is InChI=1S/C10H10ClNOS2/c1-13-5-4-7-6-14-10(12-7)8-2-3-9(11)15-8/h2-3,6H,4-5H2,1H3. The molecule has 0 saturated carbocycles. The summed E-state index contributed by atoms with van der Waals surface area (Å²) in [5.74, 6) is 0. The normalized spacial score (nSPS) is 10.8. The summed E-state index contributed by atoms with van der Waals surface area (Å²) in [5, 5.41) is 3.11. The lowest BCUT2D eigenvalue weighted by Gasteiger charge is -1.93. The molecule has 2 aromatic rings. The molecule has 0 saturated heterocycles. The highest BCUT2D eigenvalue weighted by Gasteiger charge is 2.06. The van der Waals surface area contributed by atoms with Crippen LogP contribution in [0.1, 0.15) is 5.69 Å². The molecule has 5 heteroatoms. The number of hydrogen-bond acceptors (Lipinski definition) is 4. The Morgan fingerprint density at radius 2 is 2.33 bits per heavy atom. The van der Waals surface area contributed by atoms with Crippen molar-refractivity contribution in [1.82, 2.24) is 4.98 Å². The molecule has 2 nitrogen and oxygen atoms in total. The Morgan fingerprint density at radius 1 is 1.47 bits per heavy atom. The summed E-state index contributed by atoms with van der Waals surface area (Å²) in [4.78, 5) is 5.65. The van der Waals surface area contributed by atoms with Gasteiger partial charge in [-0.2, -0.15) is 0 Å². The Morgan fingerprint density at radius 3 is 3.00 bits per heavy atom. The van der Waals surface area contributed by atoms with Crippen LogP contribution in [0.3, 0.4) is 0 Å². The van der Waals surface area contributed by atoms with Crippen molar-refractivity contribution >= 4 is 34.3 Å². The maximum atomic E-state index is 5.88. The Balaban J connectivity index is 2.13. The van der Waals surface area contributed by atoms with Crippen molar-refractivity contribution in [2.45, 2.75) is 6.42 Å². The van der Waals surface area contributed by atoms with E-state index in [0.29, 0.717) is 6.61 Å². The van der Waals surface area contributed by atoms with Gasteiger partial charge in [-0.05, 0) is 12.1 Å². The maximum Gasteiger partial charge on any atom is 0.133 e. The van der Waals surface area contributed by atoms with Crippen molar-refractivity contribution in [1.29, 1.82) is 0 Å². The topological polar surface area (TPSA) is 22.1 Å². The van der Waals surface area contributed by atoms with Gasteiger partial charge in [0.1, 0.15) is 5.01 Å². The van der Waals surface area contributed by atoms with Crippen molar-refractivity contribution in [3.63, 3.8) is 0 Å². The van der Waals surface area contributed by atoms with Gasteiger partial charge in [-0.3, -0.25) is 0 Å².